The average Bonchev–Trinajstić information content (AvgIpc) is 2.29. The second-order valence-electron chi connectivity index (χ2n) is 4.83. The number of carbonyl (C=O) groups is 1. The van der Waals surface area contributed by atoms with Gasteiger partial charge in [-0.15, -0.1) is 0 Å². The molecule has 3 heteroatoms. The lowest BCUT2D eigenvalue weighted by Gasteiger charge is -2.28. The topological polar surface area (TPSA) is 29.1 Å². The van der Waals surface area contributed by atoms with Gasteiger partial charge < -0.3 is 5.32 Å². The highest BCUT2D eigenvalue weighted by Crippen LogP contribution is 2.18. The molecule has 0 aromatic heterocycles. The highest BCUT2D eigenvalue weighted by molar-refractivity contribution is 9.10. The summed E-state index contributed by atoms with van der Waals surface area (Å²) in [6.07, 6.45) is 4.18. The van der Waals surface area contributed by atoms with Crippen LogP contribution in [0, 0.1) is 0 Å². The quantitative estimate of drug-likeness (QED) is 0.864. The van der Waals surface area contributed by atoms with E-state index >= 15 is 0 Å². The zero-order valence-corrected chi connectivity index (χ0v) is 11.7. The summed E-state index contributed by atoms with van der Waals surface area (Å²) in [6.45, 7) is 2.19. The Kier molecular flexibility index (Phi) is 4.35. The van der Waals surface area contributed by atoms with Crippen molar-refractivity contribution in [2.45, 2.75) is 44.7 Å². The third kappa shape index (κ3) is 3.65. The first-order valence-corrected chi connectivity index (χ1v) is 6.99. The summed E-state index contributed by atoms with van der Waals surface area (Å²) in [4.78, 5) is 12.1. The molecule has 1 aliphatic rings. The van der Waals surface area contributed by atoms with E-state index in [-0.39, 0.29) is 5.78 Å². The van der Waals surface area contributed by atoms with Crippen LogP contribution in [0.5, 0.6) is 0 Å². The number of ketones is 1. The number of piperidine rings is 1. The maximum atomic E-state index is 12.1. The molecule has 0 aliphatic carbocycles. The van der Waals surface area contributed by atoms with Gasteiger partial charge in [0.2, 0.25) is 0 Å². The molecule has 1 aromatic rings. The van der Waals surface area contributed by atoms with Crippen molar-refractivity contribution in [1.29, 1.82) is 0 Å². The minimum absolute atomic E-state index is 0.234. The zero-order chi connectivity index (χ0) is 12.3. The van der Waals surface area contributed by atoms with Gasteiger partial charge in [0.15, 0.2) is 5.78 Å². The van der Waals surface area contributed by atoms with Gasteiger partial charge in [-0.1, -0.05) is 34.5 Å². The molecular formula is C14H18BrNO. The molecule has 0 amide bonds. The van der Waals surface area contributed by atoms with Crippen LogP contribution >= 0.6 is 15.9 Å². The molecule has 2 nitrogen and oxygen atoms in total. The van der Waals surface area contributed by atoms with Crippen molar-refractivity contribution in [3.05, 3.63) is 34.3 Å². The van der Waals surface area contributed by atoms with E-state index in [2.05, 4.69) is 28.2 Å². The number of hydrogen-bond donors (Lipinski definition) is 1. The van der Waals surface area contributed by atoms with Gasteiger partial charge in [-0.3, -0.25) is 4.79 Å². The molecule has 92 valence electrons. The first-order chi connectivity index (χ1) is 8.15. The van der Waals surface area contributed by atoms with E-state index in [4.69, 9.17) is 0 Å². The van der Waals surface area contributed by atoms with E-state index in [0.717, 1.165) is 16.5 Å². The third-order valence-electron chi connectivity index (χ3n) is 3.29. The fourth-order valence-corrected chi connectivity index (χ4v) is 2.80. The molecule has 1 aromatic carbocycles. The lowest BCUT2D eigenvalue weighted by atomic mass is 9.94. The van der Waals surface area contributed by atoms with E-state index in [9.17, 15) is 4.79 Å². The number of benzene rings is 1. The summed E-state index contributed by atoms with van der Waals surface area (Å²) in [5.41, 5.74) is 0.805. The number of halogens is 1. The summed E-state index contributed by atoms with van der Waals surface area (Å²) < 4.78 is 0.966. The van der Waals surface area contributed by atoms with Crippen LogP contribution in [0.25, 0.3) is 0 Å². The molecule has 0 spiro atoms. The fraction of sp³-hybridized carbons (Fsp3) is 0.500. The molecule has 2 atom stereocenters. The Balaban J connectivity index is 1.97. The Morgan fingerprint density at radius 2 is 2.29 bits per heavy atom. The Morgan fingerprint density at radius 3 is 3.00 bits per heavy atom. The van der Waals surface area contributed by atoms with Gasteiger partial charge in [0, 0.05) is 28.5 Å². The van der Waals surface area contributed by atoms with Crippen molar-refractivity contribution in [2.75, 3.05) is 0 Å². The molecule has 1 fully saturated rings. The second kappa shape index (κ2) is 5.78. The molecule has 0 radical (unpaired) electrons. The van der Waals surface area contributed by atoms with Gasteiger partial charge >= 0.3 is 0 Å². The summed E-state index contributed by atoms with van der Waals surface area (Å²) >= 11 is 3.40. The van der Waals surface area contributed by atoms with Crippen molar-refractivity contribution in [2.24, 2.45) is 0 Å². The van der Waals surface area contributed by atoms with Crippen LogP contribution in [0.3, 0.4) is 0 Å². The number of nitrogens with one attached hydrogen (secondary N) is 1. The van der Waals surface area contributed by atoms with Crippen molar-refractivity contribution < 1.29 is 4.79 Å². The van der Waals surface area contributed by atoms with E-state index in [1.807, 2.05) is 24.3 Å². The van der Waals surface area contributed by atoms with Gasteiger partial charge in [0.1, 0.15) is 0 Å². The number of hydrogen-bond acceptors (Lipinski definition) is 2. The van der Waals surface area contributed by atoms with E-state index in [1.165, 1.54) is 12.8 Å². The lowest BCUT2D eigenvalue weighted by Crippen LogP contribution is -2.41. The molecule has 1 N–H and O–H groups in total. The van der Waals surface area contributed by atoms with E-state index in [1.54, 1.807) is 0 Å². The molecule has 1 saturated heterocycles. The zero-order valence-electron chi connectivity index (χ0n) is 10.1. The van der Waals surface area contributed by atoms with Crippen LogP contribution in [0.1, 0.15) is 43.0 Å². The summed E-state index contributed by atoms with van der Waals surface area (Å²) in [5, 5.41) is 3.50. The molecule has 17 heavy (non-hydrogen) atoms. The first-order valence-electron chi connectivity index (χ1n) is 6.20. The Morgan fingerprint density at radius 1 is 1.47 bits per heavy atom. The minimum atomic E-state index is 0.234. The van der Waals surface area contributed by atoms with Crippen molar-refractivity contribution in [1.82, 2.24) is 5.32 Å². The van der Waals surface area contributed by atoms with Crippen molar-refractivity contribution in [3.63, 3.8) is 0 Å². The SMILES string of the molecule is CC1CCCC(CC(=O)c2cccc(Br)c2)N1. The van der Waals surface area contributed by atoms with Gasteiger partial charge in [0.25, 0.3) is 0 Å². The van der Waals surface area contributed by atoms with Gasteiger partial charge in [-0.25, -0.2) is 0 Å². The third-order valence-corrected chi connectivity index (χ3v) is 3.78. The number of rotatable bonds is 3. The first kappa shape index (κ1) is 12.8. The highest BCUT2D eigenvalue weighted by Gasteiger charge is 2.20. The smallest absolute Gasteiger partial charge is 0.164 e. The average molecular weight is 296 g/mol. The van der Waals surface area contributed by atoms with Crippen LogP contribution in [0.4, 0.5) is 0 Å². The predicted octanol–water partition coefficient (Wildman–Crippen LogP) is 3.55. The van der Waals surface area contributed by atoms with Gasteiger partial charge in [-0.2, -0.15) is 0 Å². The van der Waals surface area contributed by atoms with Gasteiger partial charge in [-0.05, 0) is 31.9 Å². The maximum Gasteiger partial charge on any atom is 0.164 e. The molecule has 0 bridgehead atoms. The predicted molar refractivity (Wildman–Crippen MR) is 73.3 cm³/mol. The molecule has 2 unspecified atom stereocenters. The van der Waals surface area contributed by atoms with Crippen molar-refractivity contribution >= 4 is 21.7 Å². The monoisotopic (exact) mass is 295 g/mol. The van der Waals surface area contributed by atoms with Crippen LogP contribution in [-0.2, 0) is 0 Å². The number of Topliss-reactive ketones (excluding diaryl/α,β-unsaturated/α-hetero) is 1. The fourth-order valence-electron chi connectivity index (χ4n) is 2.40. The van der Waals surface area contributed by atoms with Crippen molar-refractivity contribution in [3.8, 4) is 0 Å². The molecule has 1 aliphatic heterocycles. The molecule has 0 saturated carbocycles. The van der Waals surface area contributed by atoms with Gasteiger partial charge in [0.05, 0.1) is 0 Å². The Bertz CT molecular complexity index is 405. The normalized spacial score (nSPS) is 24.6. The minimum Gasteiger partial charge on any atom is -0.311 e. The van der Waals surface area contributed by atoms with E-state index < -0.39 is 0 Å². The Hall–Kier alpha value is -0.670. The highest BCUT2D eigenvalue weighted by atomic mass is 79.9. The van der Waals surface area contributed by atoms with Crippen LogP contribution in [-0.4, -0.2) is 17.9 Å². The van der Waals surface area contributed by atoms with Crippen LogP contribution in [0.15, 0.2) is 28.7 Å². The van der Waals surface area contributed by atoms with E-state index in [0.29, 0.717) is 18.5 Å². The largest absolute Gasteiger partial charge is 0.311 e. The Labute approximate surface area is 111 Å². The van der Waals surface area contributed by atoms with Crippen LogP contribution < -0.4 is 5.32 Å². The number of carbonyl (C=O) groups excluding carboxylic acids is 1. The standard InChI is InChI=1S/C14H18BrNO/c1-10-4-2-7-13(16-10)9-14(17)11-5-3-6-12(15)8-11/h3,5-6,8,10,13,16H,2,4,7,9H2,1H3. The summed E-state index contributed by atoms with van der Waals surface area (Å²) in [6, 6.07) is 8.54. The summed E-state index contributed by atoms with van der Waals surface area (Å²) in [7, 11) is 0. The lowest BCUT2D eigenvalue weighted by molar-refractivity contribution is 0.0960. The maximum absolute atomic E-state index is 12.1. The molecular weight excluding hydrogens is 278 g/mol. The molecule has 2 rings (SSSR count). The second-order valence-corrected chi connectivity index (χ2v) is 5.75. The molecule has 1 heterocycles. The van der Waals surface area contributed by atoms with Crippen LogP contribution in [0.2, 0.25) is 0 Å². The summed E-state index contributed by atoms with van der Waals surface area (Å²) in [5.74, 6) is 0.234.